The first-order chi connectivity index (χ1) is 12.2. The van der Waals surface area contributed by atoms with E-state index in [1.165, 1.54) is 18.3 Å². The Kier molecular flexibility index (Phi) is 5.81. The maximum Gasteiger partial charge on any atom is 0.417 e. The van der Waals surface area contributed by atoms with Gasteiger partial charge in [-0.2, -0.15) is 13.2 Å². The molecule has 9 heteroatoms. The number of anilines is 1. The maximum atomic E-state index is 13.0. The first-order valence-corrected chi connectivity index (χ1v) is 7.64. The molecule has 2 aromatic rings. The zero-order chi connectivity index (χ0) is 19.3. The Morgan fingerprint density at radius 1 is 1.15 bits per heavy atom. The van der Waals surface area contributed by atoms with Crippen LogP contribution in [0.25, 0.3) is 0 Å². The summed E-state index contributed by atoms with van der Waals surface area (Å²) < 4.78 is 39.1. The topological polar surface area (TPSA) is 111 Å². The molecule has 0 saturated carbocycles. The second kappa shape index (κ2) is 7.85. The van der Waals surface area contributed by atoms with Crippen LogP contribution in [-0.2, 0) is 23.9 Å². The predicted octanol–water partition coefficient (Wildman–Crippen LogP) is 2.03. The number of nitrogen functional groups attached to an aromatic ring is 1. The fourth-order valence-corrected chi connectivity index (χ4v) is 2.41. The molecule has 0 aliphatic heterocycles. The van der Waals surface area contributed by atoms with Gasteiger partial charge in [0.25, 0.3) is 0 Å². The van der Waals surface area contributed by atoms with Crippen LogP contribution in [0.5, 0.6) is 0 Å². The number of amides is 2. The van der Waals surface area contributed by atoms with Crippen LogP contribution in [-0.4, -0.2) is 16.8 Å². The highest BCUT2D eigenvalue weighted by Gasteiger charge is 2.35. The number of carbonyl (C=O) groups is 2. The minimum absolute atomic E-state index is 0.0476. The fourth-order valence-electron chi connectivity index (χ4n) is 2.41. The SMILES string of the molecule is NC(=O)c1c(CCC(=O)NCc2ccc(N)nc2)cccc1C(F)(F)F. The van der Waals surface area contributed by atoms with Gasteiger partial charge in [-0.1, -0.05) is 18.2 Å². The molecule has 1 aromatic carbocycles. The molecular formula is C17H17F3N4O2. The van der Waals surface area contributed by atoms with E-state index in [1.54, 1.807) is 12.1 Å². The van der Waals surface area contributed by atoms with Gasteiger partial charge in [-0.15, -0.1) is 0 Å². The number of benzene rings is 1. The third-order valence-electron chi connectivity index (χ3n) is 3.66. The highest BCUT2D eigenvalue weighted by atomic mass is 19.4. The summed E-state index contributed by atoms with van der Waals surface area (Å²) in [5, 5.41) is 2.62. The van der Waals surface area contributed by atoms with Crippen LogP contribution in [0.4, 0.5) is 19.0 Å². The lowest BCUT2D eigenvalue weighted by atomic mass is 9.96. The van der Waals surface area contributed by atoms with E-state index in [0.717, 1.165) is 11.6 Å². The zero-order valence-corrected chi connectivity index (χ0v) is 13.6. The fraction of sp³-hybridized carbons (Fsp3) is 0.235. The molecule has 2 amide bonds. The Morgan fingerprint density at radius 3 is 2.46 bits per heavy atom. The van der Waals surface area contributed by atoms with Crippen molar-refractivity contribution in [2.24, 2.45) is 5.73 Å². The summed E-state index contributed by atoms with van der Waals surface area (Å²) in [5.74, 6) is -1.21. The Labute approximate surface area is 147 Å². The second-order valence-electron chi connectivity index (χ2n) is 5.57. The lowest BCUT2D eigenvalue weighted by molar-refractivity contribution is -0.138. The molecule has 0 unspecified atom stereocenters. The molecule has 1 aromatic heterocycles. The minimum atomic E-state index is -4.70. The smallest absolute Gasteiger partial charge is 0.384 e. The van der Waals surface area contributed by atoms with E-state index in [0.29, 0.717) is 5.82 Å². The molecule has 138 valence electrons. The van der Waals surface area contributed by atoms with Crippen molar-refractivity contribution >= 4 is 17.6 Å². The lowest BCUT2D eigenvalue weighted by Crippen LogP contribution is -2.24. The van der Waals surface area contributed by atoms with E-state index >= 15 is 0 Å². The highest BCUT2D eigenvalue weighted by molar-refractivity contribution is 5.96. The van der Waals surface area contributed by atoms with Crippen LogP contribution in [0, 0.1) is 0 Å². The van der Waals surface area contributed by atoms with Gasteiger partial charge in [-0.05, 0) is 29.7 Å². The number of aromatic nitrogens is 1. The van der Waals surface area contributed by atoms with Gasteiger partial charge >= 0.3 is 6.18 Å². The number of nitrogens with one attached hydrogen (secondary N) is 1. The van der Waals surface area contributed by atoms with Crippen LogP contribution in [0.15, 0.2) is 36.5 Å². The largest absolute Gasteiger partial charge is 0.417 e. The van der Waals surface area contributed by atoms with Crippen LogP contribution in [0.1, 0.15) is 33.5 Å². The van der Waals surface area contributed by atoms with E-state index in [4.69, 9.17) is 11.5 Å². The zero-order valence-electron chi connectivity index (χ0n) is 13.6. The molecular weight excluding hydrogens is 349 g/mol. The van der Waals surface area contributed by atoms with Crippen molar-refractivity contribution in [1.29, 1.82) is 0 Å². The van der Waals surface area contributed by atoms with Crippen molar-refractivity contribution < 1.29 is 22.8 Å². The summed E-state index contributed by atoms with van der Waals surface area (Å²) >= 11 is 0. The van der Waals surface area contributed by atoms with Crippen molar-refractivity contribution in [3.8, 4) is 0 Å². The van der Waals surface area contributed by atoms with Crippen LogP contribution < -0.4 is 16.8 Å². The lowest BCUT2D eigenvalue weighted by Gasteiger charge is -2.14. The third kappa shape index (κ3) is 4.95. The Hall–Kier alpha value is -3.10. The third-order valence-corrected chi connectivity index (χ3v) is 3.66. The van der Waals surface area contributed by atoms with Gasteiger partial charge in [-0.3, -0.25) is 9.59 Å². The summed E-state index contributed by atoms with van der Waals surface area (Å²) in [4.78, 5) is 27.3. The molecule has 0 saturated heterocycles. The number of nitrogens with two attached hydrogens (primary N) is 2. The summed E-state index contributed by atoms with van der Waals surface area (Å²) in [6, 6.07) is 6.61. The molecule has 0 aliphatic carbocycles. The molecule has 2 rings (SSSR count). The molecule has 1 heterocycles. The first-order valence-electron chi connectivity index (χ1n) is 7.64. The molecule has 0 atom stereocenters. The van der Waals surface area contributed by atoms with Gasteiger partial charge in [0.1, 0.15) is 5.82 Å². The van der Waals surface area contributed by atoms with Crippen molar-refractivity contribution in [3.63, 3.8) is 0 Å². The van der Waals surface area contributed by atoms with Crippen molar-refractivity contribution in [2.45, 2.75) is 25.6 Å². The molecule has 0 bridgehead atoms. The number of rotatable bonds is 6. The summed E-state index contributed by atoms with van der Waals surface area (Å²) in [6.45, 7) is 0.206. The quantitative estimate of drug-likeness (QED) is 0.726. The summed E-state index contributed by atoms with van der Waals surface area (Å²) in [5.41, 5.74) is 9.67. The molecule has 0 fully saturated rings. The molecule has 26 heavy (non-hydrogen) atoms. The number of carbonyl (C=O) groups excluding carboxylic acids is 2. The van der Waals surface area contributed by atoms with Gasteiger partial charge in [0.15, 0.2) is 0 Å². The molecule has 6 nitrogen and oxygen atoms in total. The number of pyridine rings is 1. The van der Waals surface area contributed by atoms with Crippen molar-refractivity contribution in [2.75, 3.05) is 5.73 Å². The maximum absolute atomic E-state index is 13.0. The summed E-state index contributed by atoms with van der Waals surface area (Å²) in [6.07, 6.45) is -3.34. The Morgan fingerprint density at radius 2 is 1.88 bits per heavy atom. The second-order valence-corrected chi connectivity index (χ2v) is 5.57. The Balaban J connectivity index is 2.03. The first kappa shape index (κ1) is 19.2. The van der Waals surface area contributed by atoms with E-state index in [9.17, 15) is 22.8 Å². The number of halogens is 3. The minimum Gasteiger partial charge on any atom is -0.384 e. The van der Waals surface area contributed by atoms with Crippen LogP contribution in [0.3, 0.4) is 0 Å². The number of primary amides is 1. The highest BCUT2D eigenvalue weighted by Crippen LogP contribution is 2.33. The standard InChI is InChI=1S/C17H17F3N4O2/c18-17(19,20)12-3-1-2-11(15(12)16(22)26)5-7-14(25)24-9-10-4-6-13(21)23-8-10/h1-4,6,8H,5,7,9H2,(H2,21,23)(H2,22,26)(H,24,25). The van der Waals surface area contributed by atoms with Crippen LogP contribution >= 0.6 is 0 Å². The van der Waals surface area contributed by atoms with E-state index < -0.39 is 23.2 Å². The monoisotopic (exact) mass is 366 g/mol. The molecule has 0 aliphatic rings. The number of hydrogen-bond donors (Lipinski definition) is 3. The average Bonchev–Trinajstić information content (AvgIpc) is 2.58. The number of hydrogen-bond acceptors (Lipinski definition) is 4. The van der Waals surface area contributed by atoms with Gasteiger partial charge in [0, 0.05) is 19.2 Å². The van der Waals surface area contributed by atoms with Crippen molar-refractivity contribution in [3.05, 3.63) is 58.8 Å². The van der Waals surface area contributed by atoms with E-state index in [2.05, 4.69) is 10.3 Å². The number of nitrogens with zero attached hydrogens (tertiary/aromatic N) is 1. The predicted molar refractivity (Wildman–Crippen MR) is 88.8 cm³/mol. The average molecular weight is 366 g/mol. The van der Waals surface area contributed by atoms with Crippen LogP contribution in [0.2, 0.25) is 0 Å². The van der Waals surface area contributed by atoms with E-state index in [1.807, 2.05) is 0 Å². The number of alkyl halides is 3. The molecule has 0 spiro atoms. The molecule has 0 radical (unpaired) electrons. The molecule has 5 N–H and O–H groups in total. The van der Waals surface area contributed by atoms with Gasteiger partial charge in [0.05, 0.1) is 11.1 Å². The van der Waals surface area contributed by atoms with E-state index in [-0.39, 0.29) is 30.9 Å². The van der Waals surface area contributed by atoms with Gasteiger partial charge in [-0.25, -0.2) is 4.98 Å². The van der Waals surface area contributed by atoms with Gasteiger partial charge < -0.3 is 16.8 Å². The van der Waals surface area contributed by atoms with Crippen molar-refractivity contribution in [1.82, 2.24) is 10.3 Å². The number of aryl methyl sites for hydroxylation is 1. The van der Waals surface area contributed by atoms with Gasteiger partial charge in [0.2, 0.25) is 11.8 Å². The normalized spacial score (nSPS) is 11.2. The Bertz CT molecular complexity index is 805. The summed E-state index contributed by atoms with van der Waals surface area (Å²) in [7, 11) is 0.